The lowest BCUT2D eigenvalue weighted by Gasteiger charge is -2.18. The molecule has 0 aliphatic carbocycles. The molecular weight excluding hydrogens is 745 g/mol. The van der Waals surface area contributed by atoms with Crippen LogP contribution in [-0.4, -0.2) is 37.2 Å². The van der Waals surface area contributed by atoms with Gasteiger partial charge in [-0.1, -0.05) is 232 Å². The van der Waals surface area contributed by atoms with Crippen LogP contribution in [0.3, 0.4) is 0 Å². The van der Waals surface area contributed by atoms with E-state index in [-0.39, 0.29) is 38.0 Å². The number of carbonyl (C=O) groups excluding carboxylic acids is 3. The summed E-state index contributed by atoms with van der Waals surface area (Å²) in [6.07, 6.45) is 65.0. The Bertz CT molecular complexity index is 1320. The van der Waals surface area contributed by atoms with Crippen molar-refractivity contribution in [1.29, 1.82) is 0 Å². The van der Waals surface area contributed by atoms with Crippen molar-refractivity contribution >= 4 is 17.9 Å². The molecule has 0 aromatic carbocycles. The van der Waals surface area contributed by atoms with Crippen molar-refractivity contribution in [3.8, 4) is 0 Å². The molecule has 0 aliphatic rings. The van der Waals surface area contributed by atoms with Gasteiger partial charge >= 0.3 is 17.9 Å². The van der Waals surface area contributed by atoms with Gasteiger partial charge in [-0.05, 0) is 51.4 Å². The smallest absolute Gasteiger partial charge is 0.309 e. The Kier molecular flexibility index (Phi) is 44.2. The van der Waals surface area contributed by atoms with Crippen molar-refractivity contribution in [3.63, 3.8) is 0 Å². The molecule has 1 atom stereocenters. The zero-order valence-electron chi connectivity index (χ0n) is 38.2. The van der Waals surface area contributed by atoms with E-state index in [1.165, 1.54) is 70.6 Å². The molecule has 0 spiro atoms. The fourth-order valence-electron chi connectivity index (χ4n) is 5.96. The lowest BCUT2D eigenvalue weighted by molar-refractivity contribution is -0.166. The van der Waals surface area contributed by atoms with Crippen molar-refractivity contribution in [3.05, 3.63) is 122 Å². The van der Waals surface area contributed by atoms with E-state index >= 15 is 0 Å². The van der Waals surface area contributed by atoms with Gasteiger partial charge in [-0.3, -0.25) is 14.4 Å². The van der Waals surface area contributed by atoms with Crippen LogP contribution in [0.4, 0.5) is 0 Å². The van der Waals surface area contributed by atoms with Crippen LogP contribution in [0.2, 0.25) is 0 Å². The highest BCUT2D eigenvalue weighted by atomic mass is 16.6. The summed E-state index contributed by atoms with van der Waals surface area (Å²) >= 11 is 0. The van der Waals surface area contributed by atoms with Crippen molar-refractivity contribution < 1.29 is 28.6 Å². The molecular formula is C54H84O6. The Balaban J connectivity index is 4.52. The molecule has 0 radical (unpaired) electrons. The summed E-state index contributed by atoms with van der Waals surface area (Å²) in [7, 11) is 0. The van der Waals surface area contributed by atoms with Crippen LogP contribution in [0.1, 0.15) is 181 Å². The highest BCUT2D eigenvalue weighted by Crippen LogP contribution is 2.14. The fraction of sp³-hybridized carbons (Fsp3) is 0.574. The molecule has 60 heavy (non-hydrogen) atoms. The third kappa shape index (κ3) is 44.9. The molecule has 0 amide bonds. The summed E-state index contributed by atoms with van der Waals surface area (Å²) in [6.45, 7) is 6.21. The highest BCUT2D eigenvalue weighted by molar-refractivity contribution is 5.72. The van der Waals surface area contributed by atoms with E-state index in [1.807, 2.05) is 79.0 Å². The van der Waals surface area contributed by atoms with Crippen LogP contribution in [-0.2, 0) is 28.6 Å². The van der Waals surface area contributed by atoms with Gasteiger partial charge in [0.1, 0.15) is 13.2 Å². The van der Waals surface area contributed by atoms with Crippen molar-refractivity contribution in [2.24, 2.45) is 0 Å². The third-order valence-corrected chi connectivity index (χ3v) is 9.44. The first-order valence-electron chi connectivity index (χ1n) is 23.6. The summed E-state index contributed by atoms with van der Waals surface area (Å²) in [6, 6.07) is 0. The minimum atomic E-state index is -0.832. The average Bonchev–Trinajstić information content (AvgIpc) is 3.24. The molecule has 0 saturated heterocycles. The number of unbranched alkanes of at least 4 members (excludes halogenated alkanes) is 16. The van der Waals surface area contributed by atoms with Gasteiger partial charge in [-0.15, -0.1) is 0 Å². The van der Waals surface area contributed by atoms with E-state index in [4.69, 9.17) is 14.2 Å². The molecule has 6 heteroatoms. The molecule has 6 nitrogen and oxygen atoms in total. The van der Waals surface area contributed by atoms with Crippen molar-refractivity contribution in [2.45, 2.75) is 187 Å². The van der Waals surface area contributed by atoms with Gasteiger partial charge in [0, 0.05) is 12.8 Å². The number of hydrogen-bond donors (Lipinski definition) is 0. The maximum absolute atomic E-state index is 12.7. The molecule has 0 saturated carbocycles. The zero-order valence-corrected chi connectivity index (χ0v) is 38.2. The van der Waals surface area contributed by atoms with E-state index in [0.717, 1.165) is 64.2 Å². The van der Waals surface area contributed by atoms with Gasteiger partial charge in [0.05, 0.1) is 6.42 Å². The molecule has 1 unspecified atom stereocenters. The van der Waals surface area contributed by atoms with E-state index in [1.54, 1.807) is 6.08 Å². The molecule has 0 rings (SSSR count). The summed E-state index contributed by atoms with van der Waals surface area (Å²) in [5, 5.41) is 0. The molecule has 336 valence electrons. The van der Waals surface area contributed by atoms with Gasteiger partial charge in [0.2, 0.25) is 0 Å². The first-order valence-corrected chi connectivity index (χ1v) is 23.6. The van der Waals surface area contributed by atoms with Gasteiger partial charge in [0.25, 0.3) is 0 Å². The van der Waals surface area contributed by atoms with Crippen LogP contribution < -0.4 is 0 Å². The number of allylic oxidation sites excluding steroid dienone is 19. The van der Waals surface area contributed by atoms with Crippen LogP contribution in [0.25, 0.3) is 0 Å². The standard InChI is InChI=1S/C54H84O6/c1-4-7-10-13-16-19-21-23-25-26-27-28-29-31-32-35-38-41-44-47-53(56)59-50-51(49-58-52(55)46-43-40-37-34-18-15-12-9-6-3)60-54(57)48-45-42-39-36-33-30-24-22-20-17-14-11-8-5-2/h7,9-10,12-13,16,18-19,21,23,25-29,31-32,34,40,43,51H,4-6,8,11,14-15,17,20,22,24,30,33,35-39,41-42,44-50H2,1-3H3/b10-7-,12-9-,16-13-,21-19-,25-23-,27-26+,29-28-,32-31-,34-18-,43-40-. The second-order valence-electron chi connectivity index (χ2n) is 15.1. The number of rotatable bonds is 40. The molecule has 0 fully saturated rings. The second-order valence-corrected chi connectivity index (χ2v) is 15.1. The van der Waals surface area contributed by atoms with E-state index in [2.05, 4.69) is 57.2 Å². The first kappa shape index (κ1) is 55.8. The highest BCUT2D eigenvalue weighted by Gasteiger charge is 2.19. The lowest BCUT2D eigenvalue weighted by Crippen LogP contribution is -2.30. The van der Waals surface area contributed by atoms with Crippen LogP contribution >= 0.6 is 0 Å². The molecule has 0 bridgehead atoms. The molecule has 0 aliphatic heterocycles. The maximum Gasteiger partial charge on any atom is 0.309 e. The van der Waals surface area contributed by atoms with Gasteiger partial charge in [0.15, 0.2) is 6.10 Å². The third-order valence-electron chi connectivity index (χ3n) is 9.44. The normalized spacial score (nSPS) is 13.2. The second kappa shape index (κ2) is 47.5. The van der Waals surface area contributed by atoms with Gasteiger partial charge < -0.3 is 14.2 Å². The maximum atomic E-state index is 12.7. The quantitative estimate of drug-likeness (QED) is 0.0201. The summed E-state index contributed by atoms with van der Waals surface area (Å²) in [5.74, 6) is -1.11. The summed E-state index contributed by atoms with van der Waals surface area (Å²) < 4.78 is 16.6. The molecule has 0 aromatic heterocycles. The van der Waals surface area contributed by atoms with Crippen LogP contribution in [0.15, 0.2) is 122 Å². The van der Waals surface area contributed by atoms with Gasteiger partial charge in [-0.25, -0.2) is 0 Å². The number of ether oxygens (including phenoxy) is 3. The van der Waals surface area contributed by atoms with Crippen LogP contribution in [0, 0.1) is 0 Å². The summed E-state index contributed by atoms with van der Waals surface area (Å²) in [5.41, 5.74) is 0. The fourth-order valence-corrected chi connectivity index (χ4v) is 5.96. The van der Waals surface area contributed by atoms with Crippen molar-refractivity contribution in [2.75, 3.05) is 13.2 Å². The summed E-state index contributed by atoms with van der Waals surface area (Å²) in [4.78, 5) is 37.7. The molecule has 0 heterocycles. The number of esters is 3. The minimum absolute atomic E-state index is 0.123. The van der Waals surface area contributed by atoms with E-state index < -0.39 is 12.1 Å². The predicted octanol–water partition coefficient (Wildman–Crippen LogP) is 15.4. The number of hydrogen-bond acceptors (Lipinski definition) is 6. The Morgan fingerprint density at radius 2 is 0.783 bits per heavy atom. The first-order chi connectivity index (χ1) is 29.5. The Labute approximate surface area is 367 Å². The van der Waals surface area contributed by atoms with Crippen molar-refractivity contribution in [1.82, 2.24) is 0 Å². The lowest BCUT2D eigenvalue weighted by atomic mass is 10.0. The SMILES string of the molecule is CC\C=C/C=C\C=C/C=C\C=C\C=C/C=C\CCCCCC(=O)OCC(COC(=O)C/C=C\C/C=C\C/C=C\CC)OC(=O)CCCCCCCCCCCCCCCC. The topological polar surface area (TPSA) is 78.9 Å². The van der Waals surface area contributed by atoms with Gasteiger partial charge in [-0.2, -0.15) is 0 Å². The Morgan fingerprint density at radius 1 is 0.383 bits per heavy atom. The zero-order chi connectivity index (χ0) is 43.7. The predicted molar refractivity (Wildman–Crippen MR) is 256 cm³/mol. The largest absolute Gasteiger partial charge is 0.462 e. The Hall–Kier alpha value is -4.19. The monoisotopic (exact) mass is 829 g/mol. The minimum Gasteiger partial charge on any atom is -0.462 e. The number of carbonyl (C=O) groups is 3. The molecule has 0 N–H and O–H groups in total. The average molecular weight is 829 g/mol. The van der Waals surface area contributed by atoms with Crippen LogP contribution in [0.5, 0.6) is 0 Å². The van der Waals surface area contributed by atoms with E-state index in [0.29, 0.717) is 12.8 Å². The van der Waals surface area contributed by atoms with E-state index in [9.17, 15) is 14.4 Å². The molecule has 0 aromatic rings. The Morgan fingerprint density at radius 3 is 1.30 bits per heavy atom.